The van der Waals surface area contributed by atoms with Gasteiger partial charge in [0.1, 0.15) is 28.9 Å². The predicted molar refractivity (Wildman–Crippen MR) is 101 cm³/mol. The zero-order valence-corrected chi connectivity index (χ0v) is 14.8. The standard InChI is InChI=1S/C20H17FN2O2S/c1-2-10-22-19(24)18-13-26-20(23-18)14-7-5-8-16(11-14)25-12-15-6-3-4-9-17(15)21/h2-9,11,13H,1,10,12H2,(H,22,24). The normalized spacial score (nSPS) is 10.3. The van der Waals surface area contributed by atoms with Gasteiger partial charge in [-0.25, -0.2) is 9.37 Å². The summed E-state index contributed by atoms with van der Waals surface area (Å²) in [6.45, 7) is 4.10. The molecule has 0 saturated heterocycles. The highest BCUT2D eigenvalue weighted by Crippen LogP contribution is 2.27. The van der Waals surface area contributed by atoms with Crippen molar-refractivity contribution < 1.29 is 13.9 Å². The van der Waals surface area contributed by atoms with Gasteiger partial charge in [-0.1, -0.05) is 36.4 Å². The lowest BCUT2D eigenvalue weighted by Gasteiger charge is -2.08. The van der Waals surface area contributed by atoms with Crippen LogP contribution in [0.2, 0.25) is 0 Å². The molecule has 0 aliphatic carbocycles. The lowest BCUT2D eigenvalue weighted by Crippen LogP contribution is -2.23. The van der Waals surface area contributed by atoms with Crippen LogP contribution in [0.5, 0.6) is 5.75 Å². The third-order valence-electron chi connectivity index (χ3n) is 3.58. The molecule has 132 valence electrons. The Balaban J connectivity index is 1.71. The maximum absolute atomic E-state index is 13.7. The fraction of sp³-hybridized carbons (Fsp3) is 0.100. The number of hydrogen-bond acceptors (Lipinski definition) is 4. The lowest BCUT2D eigenvalue weighted by atomic mass is 10.2. The minimum absolute atomic E-state index is 0.142. The molecular weight excluding hydrogens is 351 g/mol. The Hall–Kier alpha value is -2.99. The molecular formula is C20H17FN2O2S. The van der Waals surface area contributed by atoms with E-state index in [1.54, 1.807) is 35.7 Å². The van der Waals surface area contributed by atoms with Crippen LogP contribution in [-0.4, -0.2) is 17.4 Å². The molecule has 3 aromatic rings. The highest BCUT2D eigenvalue weighted by atomic mass is 32.1. The molecule has 0 spiro atoms. The molecule has 0 unspecified atom stereocenters. The third-order valence-corrected chi connectivity index (χ3v) is 4.47. The summed E-state index contributed by atoms with van der Waals surface area (Å²) < 4.78 is 19.4. The Morgan fingerprint density at radius 3 is 2.92 bits per heavy atom. The van der Waals surface area contributed by atoms with Crippen molar-refractivity contribution in [3.8, 4) is 16.3 Å². The van der Waals surface area contributed by atoms with E-state index in [9.17, 15) is 9.18 Å². The molecule has 0 atom stereocenters. The third kappa shape index (κ3) is 4.34. The van der Waals surface area contributed by atoms with E-state index in [-0.39, 0.29) is 18.3 Å². The average Bonchev–Trinajstić information content (AvgIpc) is 3.16. The molecule has 1 N–H and O–H groups in total. The first-order valence-electron chi connectivity index (χ1n) is 7.98. The predicted octanol–water partition coefficient (Wildman–Crippen LogP) is 4.44. The number of thiazole rings is 1. The first kappa shape index (κ1) is 17.8. The Labute approximate surface area is 155 Å². The molecule has 0 fully saturated rings. The van der Waals surface area contributed by atoms with Gasteiger partial charge in [0.25, 0.3) is 5.91 Å². The molecule has 26 heavy (non-hydrogen) atoms. The number of nitrogens with zero attached hydrogens (tertiary/aromatic N) is 1. The van der Waals surface area contributed by atoms with E-state index < -0.39 is 0 Å². The number of rotatable bonds is 7. The van der Waals surface area contributed by atoms with Gasteiger partial charge < -0.3 is 10.1 Å². The molecule has 6 heteroatoms. The maximum Gasteiger partial charge on any atom is 0.271 e. The fourth-order valence-corrected chi connectivity index (χ4v) is 3.06. The fourth-order valence-electron chi connectivity index (χ4n) is 2.26. The summed E-state index contributed by atoms with van der Waals surface area (Å²) in [6, 6.07) is 13.9. The van der Waals surface area contributed by atoms with Crippen LogP contribution in [0.15, 0.2) is 66.6 Å². The zero-order valence-electron chi connectivity index (χ0n) is 13.9. The molecule has 3 rings (SSSR count). The molecule has 0 saturated carbocycles. The second-order valence-corrected chi connectivity index (χ2v) is 6.30. The molecule has 0 aliphatic heterocycles. The molecule has 1 amide bonds. The lowest BCUT2D eigenvalue weighted by molar-refractivity contribution is 0.0954. The molecule has 1 aromatic heterocycles. The van der Waals surface area contributed by atoms with Gasteiger partial charge in [-0.05, 0) is 18.2 Å². The van der Waals surface area contributed by atoms with Crippen LogP contribution in [0, 0.1) is 5.82 Å². The molecule has 4 nitrogen and oxygen atoms in total. The van der Waals surface area contributed by atoms with Crippen LogP contribution in [0.25, 0.3) is 10.6 Å². The summed E-state index contributed by atoms with van der Waals surface area (Å²) in [6.07, 6.45) is 1.61. The summed E-state index contributed by atoms with van der Waals surface area (Å²) in [5.41, 5.74) is 1.70. The number of ether oxygens (including phenoxy) is 1. The SMILES string of the molecule is C=CCNC(=O)c1csc(-c2cccc(OCc3ccccc3F)c2)n1. The van der Waals surface area contributed by atoms with E-state index in [2.05, 4.69) is 16.9 Å². The van der Waals surface area contributed by atoms with Gasteiger partial charge in [-0.15, -0.1) is 17.9 Å². The van der Waals surface area contributed by atoms with Crippen molar-refractivity contribution in [3.63, 3.8) is 0 Å². The molecule has 2 aromatic carbocycles. The first-order valence-corrected chi connectivity index (χ1v) is 8.86. The Morgan fingerprint density at radius 2 is 2.12 bits per heavy atom. The van der Waals surface area contributed by atoms with Crippen LogP contribution in [0.1, 0.15) is 16.1 Å². The minimum atomic E-state index is -0.293. The highest BCUT2D eigenvalue weighted by Gasteiger charge is 2.11. The number of halogens is 1. The topological polar surface area (TPSA) is 51.2 Å². The average molecular weight is 368 g/mol. The van der Waals surface area contributed by atoms with E-state index in [1.165, 1.54) is 17.4 Å². The van der Waals surface area contributed by atoms with Gasteiger partial charge in [0.05, 0.1) is 0 Å². The van der Waals surface area contributed by atoms with Crippen molar-refractivity contribution >= 4 is 17.2 Å². The Morgan fingerprint density at radius 1 is 1.27 bits per heavy atom. The van der Waals surface area contributed by atoms with E-state index in [0.717, 1.165) is 5.56 Å². The van der Waals surface area contributed by atoms with Crippen molar-refractivity contribution in [2.75, 3.05) is 6.54 Å². The van der Waals surface area contributed by atoms with Crippen LogP contribution < -0.4 is 10.1 Å². The van der Waals surface area contributed by atoms with Crippen LogP contribution in [0.3, 0.4) is 0 Å². The first-order chi connectivity index (χ1) is 12.7. The zero-order chi connectivity index (χ0) is 18.4. The van der Waals surface area contributed by atoms with Crippen LogP contribution in [-0.2, 0) is 6.61 Å². The number of amides is 1. The van der Waals surface area contributed by atoms with E-state index in [1.807, 2.05) is 18.2 Å². The summed E-state index contributed by atoms with van der Waals surface area (Å²) in [7, 11) is 0. The quantitative estimate of drug-likeness (QED) is 0.627. The van der Waals surface area contributed by atoms with Crippen molar-refractivity contribution in [1.82, 2.24) is 10.3 Å². The summed E-state index contributed by atoms with van der Waals surface area (Å²) >= 11 is 1.38. The summed E-state index contributed by atoms with van der Waals surface area (Å²) in [5, 5.41) is 5.12. The van der Waals surface area contributed by atoms with Gasteiger partial charge in [-0.3, -0.25) is 4.79 Å². The van der Waals surface area contributed by atoms with Gasteiger partial charge in [0, 0.05) is 23.1 Å². The molecule has 0 aliphatic rings. The second kappa shape index (κ2) is 8.40. The summed E-state index contributed by atoms with van der Waals surface area (Å²) in [5.74, 6) is 0.0803. The van der Waals surface area contributed by atoms with Crippen molar-refractivity contribution in [1.29, 1.82) is 0 Å². The smallest absolute Gasteiger partial charge is 0.271 e. The summed E-state index contributed by atoms with van der Waals surface area (Å²) in [4.78, 5) is 16.3. The largest absolute Gasteiger partial charge is 0.489 e. The maximum atomic E-state index is 13.7. The van der Waals surface area contributed by atoms with Crippen molar-refractivity contribution in [2.45, 2.75) is 6.61 Å². The number of benzene rings is 2. The Kier molecular flexibility index (Phi) is 5.76. The van der Waals surface area contributed by atoms with Gasteiger partial charge in [0.15, 0.2) is 0 Å². The van der Waals surface area contributed by atoms with Crippen LogP contribution >= 0.6 is 11.3 Å². The number of hydrogen-bond donors (Lipinski definition) is 1. The monoisotopic (exact) mass is 368 g/mol. The number of carbonyl (C=O) groups is 1. The van der Waals surface area contributed by atoms with Crippen LogP contribution in [0.4, 0.5) is 4.39 Å². The second-order valence-electron chi connectivity index (χ2n) is 5.44. The molecule has 0 radical (unpaired) electrons. The number of nitrogens with one attached hydrogen (secondary N) is 1. The van der Waals surface area contributed by atoms with E-state index in [0.29, 0.717) is 28.6 Å². The van der Waals surface area contributed by atoms with E-state index in [4.69, 9.17) is 4.74 Å². The van der Waals surface area contributed by atoms with Crippen molar-refractivity contribution in [2.24, 2.45) is 0 Å². The number of carbonyl (C=O) groups excluding carboxylic acids is 1. The Bertz CT molecular complexity index is 923. The molecule has 1 heterocycles. The van der Waals surface area contributed by atoms with Crippen molar-refractivity contribution in [3.05, 3.63) is 83.6 Å². The minimum Gasteiger partial charge on any atom is -0.489 e. The molecule has 0 bridgehead atoms. The van der Waals surface area contributed by atoms with Gasteiger partial charge in [-0.2, -0.15) is 0 Å². The highest BCUT2D eigenvalue weighted by molar-refractivity contribution is 7.13. The van der Waals surface area contributed by atoms with Gasteiger partial charge in [0.2, 0.25) is 0 Å². The number of aromatic nitrogens is 1. The van der Waals surface area contributed by atoms with Gasteiger partial charge >= 0.3 is 0 Å². The van der Waals surface area contributed by atoms with E-state index >= 15 is 0 Å².